The third-order valence-corrected chi connectivity index (χ3v) is 5.91. The molecule has 0 saturated heterocycles. The number of halogens is 1. The van der Waals surface area contributed by atoms with Crippen molar-refractivity contribution in [1.82, 2.24) is 5.32 Å². The average Bonchev–Trinajstić information content (AvgIpc) is 2.72. The van der Waals surface area contributed by atoms with E-state index in [2.05, 4.69) is 5.32 Å². The van der Waals surface area contributed by atoms with Gasteiger partial charge in [-0.25, -0.2) is 8.42 Å². The Labute approximate surface area is 116 Å². The number of carbonyl (C=O) groups is 1. The normalized spacial score (nSPS) is 13.6. The second kappa shape index (κ2) is 6.04. The van der Waals surface area contributed by atoms with Gasteiger partial charge in [-0.1, -0.05) is 20.8 Å². The van der Waals surface area contributed by atoms with Gasteiger partial charge in [-0.3, -0.25) is 4.79 Å². The summed E-state index contributed by atoms with van der Waals surface area (Å²) < 4.78 is 22.2. The zero-order valence-corrected chi connectivity index (χ0v) is 12.8. The average molecular weight is 310 g/mol. The highest BCUT2D eigenvalue weighted by Crippen LogP contribution is 2.24. The molecular formula is C11H16ClNO3S2. The van der Waals surface area contributed by atoms with Crippen LogP contribution < -0.4 is 5.32 Å². The van der Waals surface area contributed by atoms with Crippen molar-refractivity contribution >= 4 is 37.0 Å². The molecule has 1 unspecified atom stereocenters. The first-order chi connectivity index (χ1) is 8.21. The maximum atomic E-state index is 11.7. The molecule has 0 bridgehead atoms. The van der Waals surface area contributed by atoms with Crippen molar-refractivity contribution in [3.8, 4) is 0 Å². The molecular weight excluding hydrogens is 294 g/mol. The predicted octanol–water partition coefficient (Wildman–Crippen LogP) is 2.58. The van der Waals surface area contributed by atoms with E-state index in [0.717, 1.165) is 16.2 Å². The molecule has 0 saturated carbocycles. The second-order valence-electron chi connectivity index (χ2n) is 4.41. The van der Waals surface area contributed by atoms with E-state index in [4.69, 9.17) is 10.7 Å². The summed E-state index contributed by atoms with van der Waals surface area (Å²) in [5.74, 6) is 0.169. The minimum atomic E-state index is -3.67. The molecule has 0 aliphatic heterocycles. The Kier molecular flexibility index (Phi) is 5.19. The molecule has 0 radical (unpaired) electrons. The van der Waals surface area contributed by atoms with Gasteiger partial charge in [0.05, 0.1) is 6.54 Å². The summed E-state index contributed by atoms with van der Waals surface area (Å²) in [7, 11) is 1.55. The number of hydrogen-bond donors (Lipinski definition) is 1. The van der Waals surface area contributed by atoms with Crippen LogP contribution in [-0.2, 0) is 20.4 Å². The van der Waals surface area contributed by atoms with Crippen LogP contribution >= 0.6 is 22.0 Å². The fourth-order valence-corrected chi connectivity index (χ4v) is 3.28. The molecule has 0 aliphatic carbocycles. The van der Waals surface area contributed by atoms with Crippen molar-refractivity contribution in [2.45, 2.75) is 31.5 Å². The summed E-state index contributed by atoms with van der Waals surface area (Å²) in [4.78, 5) is 12.5. The standard InChI is InChI=1S/C11H16ClNO3S2/c1-7(2)8(3)11(14)13-6-9-4-5-10(17-9)18(12,15)16/h4-5,7-8H,6H2,1-3H3,(H,13,14). The van der Waals surface area contributed by atoms with Crippen molar-refractivity contribution < 1.29 is 13.2 Å². The summed E-state index contributed by atoms with van der Waals surface area (Å²) in [6.45, 7) is 6.15. The van der Waals surface area contributed by atoms with Crippen LogP contribution in [0.3, 0.4) is 0 Å². The summed E-state index contributed by atoms with van der Waals surface area (Å²) in [6, 6.07) is 3.10. The van der Waals surface area contributed by atoms with Crippen molar-refractivity contribution in [3.63, 3.8) is 0 Å². The Morgan fingerprint density at radius 3 is 2.44 bits per heavy atom. The van der Waals surface area contributed by atoms with E-state index >= 15 is 0 Å². The van der Waals surface area contributed by atoms with E-state index in [1.165, 1.54) is 6.07 Å². The molecule has 1 atom stereocenters. The van der Waals surface area contributed by atoms with Crippen LogP contribution in [0.4, 0.5) is 0 Å². The molecule has 1 aromatic rings. The first kappa shape index (κ1) is 15.5. The molecule has 1 heterocycles. The molecule has 1 N–H and O–H groups in total. The van der Waals surface area contributed by atoms with Crippen LogP contribution in [0.15, 0.2) is 16.3 Å². The monoisotopic (exact) mass is 309 g/mol. The lowest BCUT2D eigenvalue weighted by atomic mass is 9.97. The van der Waals surface area contributed by atoms with Crippen molar-refractivity contribution in [2.75, 3.05) is 0 Å². The van der Waals surface area contributed by atoms with Gasteiger partial charge in [-0.05, 0) is 18.1 Å². The van der Waals surface area contributed by atoms with Crippen LogP contribution in [-0.4, -0.2) is 14.3 Å². The highest BCUT2D eigenvalue weighted by Gasteiger charge is 2.17. The molecule has 18 heavy (non-hydrogen) atoms. The van der Waals surface area contributed by atoms with Gasteiger partial charge < -0.3 is 5.32 Å². The molecule has 4 nitrogen and oxygen atoms in total. The number of hydrogen-bond acceptors (Lipinski definition) is 4. The fraction of sp³-hybridized carbons (Fsp3) is 0.545. The van der Waals surface area contributed by atoms with Gasteiger partial charge in [-0.15, -0.1) is 11.3 Å². The third-order valence-electron chi connectivity index (χ3n) is 2.73. The van der Waals surface area contributed by atoms with Crippen molar-refractivity contribution in [1.29, 1.82) is 0 Å². The van der Waals surface area contributed by atoms with Crippen LogP contribution in [0.5, 0.6) is 0 Å². The van der Waals surface area contributed by atoms with Gasteiger partial charge in [-0.2, -0.15) is 0 Å². The van der Waals surface area contributed by atoms with E-state index < -0.39 is 9.05 Å². The Morgan fingerprint density at radius 2 is 2.00 bits per heavy atom. The molecule has 0 aromatic carbocycles. The number of thiophene rings is 1. The van der Waals surface area contributed by atoms with Gasteiger partial charge in [0.1, 0.15) is 4.21 Å². The van der Waals surface area contributed by atoms with E-state index in [0.29, 0.717) is 6.54 Å². The fourth-order valence-electron chi connectivity index (χ4n) is 1.22. The lowest BCUT2D eigenvalue weighted by molar-refractivity contribution is -0.125. The van der Waals surface area contributed by atoms with Crippen LogP contribution in [0.25, 0.3) is 0 Å². The summed E-state index contributed by atoms with van der Waals surface area (Å²) in [5, 5.41) is 2.78. The molecule has 1 rings (SSSR count). The van der Waals surface area contributed by atoms with Gasteiger partial charge >= 0.3 is 0 Å². The van der Waals surface area contributed by atoms with E-state index in [9.17, 15) is 13.2 Å². The highest BCUT2D eigenvalue weighted by molar-refractivity contribution is 8.15. The smallest absolute Gasteiger partial charge is 0.270 e. The van der Waals surface area contributed by atoms with Crippen LogP contribution in [0.1, 0.15) is 25.6 Å². The highest BCUT2D eigenvalue weighted by atomic mass is 35.7. The zero-order valence-electron chi connectivity index (χ0n) is 10.4. The van der Waals surface area contributed by atoms with E-state index in [1.54, 1.807) is 6.07 Å². The number of nitrogens with one attached hydrogen (secondary N) is 1. The Hall–Kier alpha value is -0.590. The Balaban J connectivity index is 2.60. The SMILES string of the molecule is CC(C)C(C)C(=O)NCc1ccc(S(=O)(=O)Cl)s1. The number of amides is 1. The lowest BCUT2D eigenvalue weighted by Crippen LogP contribution is -2.31. The van der Waals surface area contributed by atoms with Gasteiger partial charge in [0.25, 0.3) is 9.05 Å². The van der Waals surface area contributed by atoms with Crippen molar-refractivity contribution in [3.05, 3.63) is 17.0 Å². The Bertz CT molecular complexity index is 522. The minimum absolute atomic E-state index is 0.0336. The molecule has 1 aromatic heterocycles. The molecule has 0 aliphatic rings. The maximum Gasteiger partial charge on any atom is 0.270 e. The minimum Gasteiger partial charge on any atom is -0.351 e. The molecule has 7 heteroatoms. The summed E-state index contributed by atoms with van der Waals surface area (Å²) >= 11 is 1.07. The third kappa shape index (κ3) is 4.26. The van der Waals surface area contributed by atoms with Gasteiger partial charge in [0.15, 0.2) is 0 Å². The van der Waals surface area contributed by atoms with E-state index in [1.807, 2.05) is 20.8 Å². The van der Waals surface area contributed by atoms with Gasteiger partial charge in [0.2, 0.25) is 5.91 Å². The van der Waals surface area contributed by atoms with Crippen LogP contribution in [0, 0.1) is 11.8 Å². The van der Waals surface area contributed by atoms with Gasteiger partial charge in [0, 0.05) is 21.5 Å². The summed E-state index contributed by atoms with van der Waals surface area (Å²) in [6.07, 6.45) is 0. The topological polar surface area (TPSA) is 63.2 Å². The Morgan fingerprint density at radius 1 is 1.39 bits per heavy atom. The lowest BCUT2D eigenvalue weighted by Gasteiger charge is -2.14. The van der Waals surface area contributed by atoms with Crippen molar-refractivity contribution in [2.24, 2.45) is 11.8 Å². The largest absolute Gasteiger partial charge is 0.351 e. The molecule has 102 valence electrons. The second-order valence-corrected chi connectivity index (χ2v) is 8.37. The number of rotatable bonds is 5. The number of carbonyl (C=O) groups excluding carboxylic acids is 1. The molecule has 0 fully saturated rings. The van der Waals surface area contributed by atoms with Crippen LogP contribution in [0.2, 0.25) is 0 Å². The first-order valence-corrected chi connectivity index (χ1v) is 8.65. The predicted molar refractivity (Wildman–Crippen MR) is 73.2 cm³/mol. The quantitative estimate of drug-likeness (QED) is 0.850. The molecule has 0 spiro atoms. The summed E-state index contributed by atoms with van der Waals surface area (Å²) in [5.41, 5.74) is 0. The maximum absolute atomic E-state index is 11.7. The van der Waals surface area contributed by atoms with E-state index in [-0.39, 0.29) is 22.0 Å². The first-order valence-electron chi connectivity index (χ1n) is 5.53. The zero-order chi connectivity index (χ0) is 13.9. The molecule has 1 amide bonds.